The fourth-order valence-corrected chi connectivity index (χ4v) is 4.14. The van der Waals surface area contributed by atoms with Gasteiger partial charge in [0.2, 0.25) is 0 Å². The maximum atomic E-state index is 13.0. The van der Waals surface area contributed by atoms with Gasteiger partial charge in [-0.3, -0.25) is 14.4 Å². The molecule has 4 rings (SSSR count). The van der Waals surface area contributed by atoms with Gasteiger partial charge in [-0.2, -0.15) is 0 Å². The SMILES string of the molecule is COc1ccccc1NC(=O)c1ccc(NC2=C(Cl)C(=O)N(c3cc(Cl)c(Cl)cc3Cl)C2=O)cc1. The lowest BCUT2D eigenvalue weighted by atomic mass is 10.1. The number of anilines is 3. The third-order valence-corrected chi connectivity index (χ3v) is 6.41. The van der Waals surface area contributed by atoms with Crippen LogP contribution in [0.5, 0.6) is 5.75 Å². The van der Waals surface area contributed by atoms with E-state index in [4.69, 9.17) is 51.1 Å². The van der Waals surface area contributed by atoms with E-state index in [9.17, 15) is 14.4 Å². The molecule has 0 saturated heterocycles. The summed E-state index contributed by atoms with van der Waals surface area (Å²) in [6, 6.07) is 15.9. The fraction of sp³-hybridized carbons (Fsp3) is 0.0417. The second kappa shape index (κ2) is 10.2. The number of carbonyl (C=O) groups is 3. The number of hydrogen-bond acceptors (Lipinski definition) is 5. The van der Waals surface area contributed by atoms with Crippen molar-refractivity contribution < 1.29 is 19.1 Å². The molecule has 0 bridgehead atoms. The smallest absolute Gasteiger partial charge is 0.283 e. The van der Waals surface area contributed by atoms with Crippen molar-refractivity contribution in [3.63, 3.8) is 0 Å². The number of halogens is 4. The summed E-state index contributed by atoms with van der Waals surface area (Å²) in [4.78, 5) is 39.1. The first-order chi connectivity index (χ1) is 16.7. The number of methoxy groups -OCH3 is 1. The Morgan fingerprint density at radius 2 is 1.51 bits per heavy atom. The van der Waals surface area contributed by atoms with Crippen molar-refractivity contribution in [2.45, 2.75) is 0 Å². The van der Waals surface area contributed by atoms with Gasteiger partial charge in [0, 0.05) is 11.3 Å². The van der Waals surface area contributed by atoms with Crippen molar-refractivity contribution in [3.05, 3.63) is 92.0 Å². The molecule has 3 aromatic rings. The van der Waals surface area contributed by atoms with Crippen LogP contribution in [0.4, 0.5) is 17.1 Å². The zero-order valence-electron chi connectivity index (χ0n) is 17.9. The lowest BCUT2D eigenvalue weighted by molar-refractivity contribution is -0.120. The van der Waals surface area contributed by atoms with Crippen molar-refractivity contribution in [2.24, 2.45) is 0 Å². The highest BCUT2D eigenvalue weighted by atomic mass is 35.5. The molecule has 11 heteroatoms. The number of para-hydroxylation sites is 2. The lowest BCUT2D eigenvalue weighted by Crippen LogP contribution is -2.32. The Morgan fingerprint density at radius 3 is 2.20 bits per heavy atom. The standard InChI is InChI=1S/C24H15Cl4N3O4/c1-35-19-5-3-2-4-17(19)30-22(32)12-6-8-13(9-7-12)29-21-20(28)23(33)31(24(21)34)18-11-15(26)14(25)10-16(18)27/h2-11,29H,1H3,(H,30,32). The van der Waals surface area contributed by atoms with Crippen LogP contribution in [0.3, 0.4) is 0 Å². The van der Waals surface area contributed by atoms with E-state index in [0.29, 0.717) is 22.7 Å². The van der Waals surface area contributed by atoms with Gasteiger partial charge in [0.1, 0.15) is 16.5 Å². The maximum Gasteiger partial charge on any atom is 0.283 e. The topological polar surface area (TPSA) is 87.7 Å². The first kappa shape index (κ1) is 24.9. The molecule has 0 unspecified atom stereocenters. The van der Waals surface area contributed by atoms with Crippen molar-refractivity contribution >= 4 is 81.2 Å². The zero-order chi connectivity index (χ0) is 25.3. The molecule has 178 valence electrons. The number of nitrogens with zero attached hydrogens (tertiary/aromatic N) is 1. The van der Waals surface area contributed by atoms with E-state index in [1.807, 2.05) is 0 Å². The summed E-state index contributed by atoms with van der Waals surface area (Å²) in [6.07, 6.45) is 0. The summed E-state index contributed by atoms with van der Waals surface area (Å²) in [5, 5.41) is 5.63. The molecule has 0 atom stereocenters. The fourth-order valence-electron chi connectivity index (χ4n) is 3.31. The Balaban J connectivity index is 1.51. The predicted molar refractivity (Wildman–Crippen MR) is 138 cm³/mol. The number of ether oxygens (including phenoxy) is 1. The second-order valence-electron chi connectivity index (χ2n) is 7.21. The van der Waals surface area contributed by atoms with Crippen LogP contribution in [0.2, 0.25) is 15.1 Å². The Morgan fingerprint density at radius 1 is 0.857 bits per heavy atom. The van der Waals surface area contributed by atoms with Gasteiger partial charge < -0.3 is 15.4 Å². The van der Waals surface area contributed by atoms with Crippen LogP contribution in [-0.4, -0.2) is 24.8 Å². The highest BCUT2D eigenvalue weighted by Gasteiger charge is 2.40. The van der Waals surface area contributed by atoms with Crippen molar-refractivity contribution in [1.29, 1.82) is 0 Å². The van der Waals surface area contributed by atoms with Crippen LogP contribution >= 0.6 is 46.4 Å². The molecule has 0 fully saturated rings. The normalized spacial score (nSPS) is 13.3. The van der Waals surface area contributed by atoms with Crippen molar-refractivity contribution in [2.75, 3.05) is 22.6 Å². The van der Waals surface area contributed by atoms with E-state index in [2.05, 4.69) is 10.6 Å². The summed E-state index contributed by atoms with van der Waals surface area (Å²) >= 11 is 24.3. The third kappa shape index (κ3) is 4.94. The van der Waals surface area contributed by atoms with Gasteiger partial charge in [-0.15, -0.1) is 0 Å². The monoisotopic (exact) mass is 549 g/mol. The van der Waals surface area contributed by atoms with Crippen LogP contribution in [-0.2, 0) is 9.59 Å². The van der Waals surface area contributed by atoms with Gasteiger partial charge >= 0.3 is 0 Å². The van der Waals surface area contributed by atoms with E-state index in [0.717, 1.165) is 4.90 Å². The van der Waals surface area contributed by atoms with Gasteiger partial charge in [0.05, 0.1) is 33.6 Å². The average molecular weight is 551 g/mol. The van der Waals surface area contributed by atoms with Gasteiger partial charge in [-0.05, 0) is 48.5 Å². The number of benzene rings is 3. The Hall–Kier alpha value is -3.23. The van der Waals surface area contributed by atoms with E-state index in [1.165, 1.54) is 19.2 Å². The quantitative estimate of drug-likeness (QED) is 0.276. The van der Waals surface area contributed by atoms with Gasteiger partial charge in [-0.1, -0.05) is 58.5 Å². The molecule has 0 radical (unpaired) electrons. The predicted octanol–water partition coefficient (Wildman–Crippen LogP) is 6.34. The molecular formula is C24H15Cl4N3O4. The number of imide groups is 1. The molecule has 7 nitrogen and oxygen atoms in total. The number of carbonyl (C=O) groups excluding carboxylic acids is 3. The van der Waals surface area contributed by atoms with Crippen LogP contribution in [0.25, 0.3) is 0 Å². The largest absolute Gasteiger partial charge is 0.495 e. The molecule has 1 heterocycles. The highest BCUT2D eigenvalue weighted by molar-refractivity contribution is 6.54. The first-order valence-corrected chi connectivity index (χ1v) is 11.5. The molecule has 3 amide bonds. The minimum absolute atomic E-state index is 0.0503. The highest BCUT2D eigenvalue weighted by Crippen LogP contribution is 2.38. The number of rotatable bonds is 6. The average Bonchev–Trinajstić information content (AvgIpc) is 3.05. The van der Waals surface area contributed by atoms with E-state index >= 15 is 0 Å². The first-order valence-electron chi connectivity index (χ1n) is 9.95. The number of amides is 3. The Kier molecular flexibility index (Phi) is 7.23. The molecule has 1 aliphatic rings. The maximum absolute atomic E-state index is 13.0. The summed E-state index contributed by atoms with van der Waals surface area (Å²) in [5.41, 5.74) is 1.21. The molecule has 3 aromatic carbocycles. The summed E-state index contributed by atoms with van der Waals surface area (Å²) < 4.78 is 5.24. The van der Waals surface area contributed by atoms with E-state index in [-0.39, 0.29) is 37.4 Å². The second-order valence-corrected chi connectivity index (χ2v) is 8.81. The molecular weight excluding hydrogens is 536 g/mol. The minimum atomic E-state index is -0.771. The molecule has 35 heavy (non-hydrogen) atoms. The number of hydrogen-bond donors (Lipinski definition) is 2. The van der Waals surface area contributed by atoms with Crippen LogP contribution in [0, 0.1) is 0 Å². The van der Waals surface area contributed by atoms with Gasteiger partial charge in [0.25, 0.3) is 17.7 Å². The van der Waals surface area contributed by atoms with Gasteiger partial charge in [-0.25, -0.2) is 4.90 Å². The molecule has 1 aliphatic heterocycles. The number of nitrogens with one attached hydrogen (secondary N) is 2. The van der Waals surface area contributed by atoms with Crippen LogP contribution in [0.1, 0.15) is 10.4 Å². The van der Waals surface area contributed by atoms with E-state index in [1.54, 1.807) is 48.5 Å². The summed E-state index contributed by atoms with van der Waals surface area (Å²) in [7, 11) is 1.51. The van der Waals surface area contributed by atoms with Gasteiger partial charge in [0.15, 0.2) is 0 Å². The third-order valence-electron chi connectivity index (χ3n) is 5.03. The van der Waals surface area contributed by atoms with Crippen molar-refractivity contribution in [3.8, 4) is 5.75 Å². The molecule has 0 spiro atoms. The molecule has 0 saturated carbocycles. The summed E-state index contributed by atoms with van der Waals surface area (Å²) in [5.74, 6) is -1.33. The van der Waals surface area contributed by atoms with Crippen LogP contribution < -0.4 is 20.3 Å². The Bertz CT molecular complexity index is 1390. The molecule has 2 N–H and O–H groups in total. The van der Waals surface area contributed by atoms with Crippen molar-refractivity contribution in [1.82, 2.24) is 0 Å². The Labute approximate surface area is 220 Å². The summed E-state index contributed by atoms with van der Waals surface area (Å²) in [6.45, 7) is 0. The van der Waals surface area contributed by atoms with E-state index < -0.39 is 11.8 Å². The van der Waals surface area contributed by atoms with Crippen LogP contribution in [0.15, 0.2) is 71.4 Å². The lowest BCUT2D eigenvalue weighted by Gasteiger charge is -2.17. The molecule has 0 aliphatic carbocycles. The zero-order valence-corrected chi connectivity index (χ0v) is 20.9. The minimum Gasteiger partial charge on any atom is -0.495 e. The molecule has 0 aromatic heterocycles.